The maximum atomic E-state index is 11.7. The smallest absolute Gasteiger partial charge is 0.340 e. The maximum Gasteiger partial charge on any atom is 0.340 e. The summed E-state index contributed by atoms with van der Waals surface area (Å²) in [6.45, 7) is 3.45. The minimum atomic E-state index is -0.568. The summed E-state index contributed by atoms with van der Waals surface area (Å²) < 4.78 is 4.93. The number of carbonyl (C=O) groups excluding carboxylic acids is 2. The van der Waals surface area contributed by atoms with Crippen molar-refractivity contribution in [3.05, 3.63) is 59.4 Å². The molecule has 0 bridgehead atoms. The van der Waals surface area contributed by atoms with Crippen molar-refractivity contribution in [2.75, 3.05) is 11.9 Å². The average Bonchev–Trinajstić information content (AvgIpc) is 2.48. The lowest BCUT2D eigenvalue weighted by Gasteiger charge is -2.07. The van der Waals surface area contributed by atoms with Crippen molar-refractivity contribution < 1.29 is 14.3 Å². The van der Waals surface area contributed by atoms with Crippen molar-refractivity contribution in [3.8, 4) is 0 Å². The molecule has 5 nitrogen and oxygen atoms in total. The Kier molecular flexibility index (Phi) is 4.66. The molecule has 2 rings (SSSR count). The van der Waals surface area contributed by atoms with Crippen LogP contribution in [0.3, 0.4) is 0 Å². The second-order valence-electron chi connectivity index (χ2n) is 4.68. The fourth-order valence-electron chi connectivity index (χ4n) is 1.64. The van der Waals surface area contributed by atoms with Crippen LogP contribution in [0.25, 0.3) is 0 Å². The molecule has 0 aliphatic rings. The lowest BCUT2D eigenvalue weighted by atomic mass is 10.2. The van der Waals surface area contributed by atoms with E-state index in [1.165, 1.54) is 6.20 Å². The third-order valence-electron chi connectivity index (χ3n) is 2.82. The first kappa shape index (κ1) is 14.7. The topological polar surface area (TPSA) is 68.3 Å². The van der Waals surface area contributed by atoms with Crippen LogP contribution in [0.1, 0.15) is 21.6 Å². The van der Waals surface area contributed by atoms with E-state index in [1.807, 2.05) is 26.0 Å². The maximum absolute atomic E-state index is 11.7. The number of benzene rings is 1. The van der Waals surface area contributed by atoms with Gasteiger partial charge in [-0.05, 0) is 38.1 Å². The number of rotatable bonds is 4. The Hall–Kier alpha value is -2.69. The molecule has 1 N–H and O–H groups in total. The summed E-state index contributed by atoms with van der Waals surface area (Å²) in [5, 5.41) is 2.65. The van der Waals surface area contributed by atoms with E-state index in [0.29, 0.717) is 11.3 Å². The van der Waals surface area contributed by atoms with E-state index < -0.39 is 5.97 Å². The number of aromatic nitrogens is 1. The third kappa shape index (κ3) is 4.42. The number of esters is 1. The lowest BCUT2D eigenvalue weighted by molar-refractivity contribution is -0.119. The highest BCUT2D eigenvalue weighted by Crippen LogP contribution is 2.08. The number of hydrogen-bond donors (Lipinski definition) is 1. The Morgan fingerprint density at radius 3 is 2.43 bits per heavy atom. The van der Waals surface area contributed by atoms with Crippen LogP contribution >= 0.6 is 0 Å². The van der Waals surface area contributed by atoms with Crippen LogP contribution in [0.4, 0.5) is 5.69 Å². The molecule has 108 valence electrons. The fraction of sp³-hybridized carbons (Fsp3) is 0.188. The van der Waals surface area contributed by atoms with Crippen molar-refractivity contribution in [1.29, 1.82) is 0 Å². The molecule has 0 unspecified atom stereocenters. The molecular formula is C16H16N2O3. The van der Waals surface area contributed by atoms with Crippen LogP contribution < -0.4 is 5.32 Å². The standard InChI is InChI=1S/C16H16N2O3/c1-11-3-7-14(8-4-11)18-15(19)10-21-16(20)13-6-5-12(2)17-9-13/h3-9H,10H2,1-2H3,(H,18,19). The van der Waals surface area contributed by atoms with Gasteiger partial charge in [0.1, 0.15) is 0 Å². The van der Waals surface area contributed by atoms with E-state index in [9.17, 15) is 9.59 Å². The molecule has 1 amide bonds. The number of hydrogen-bond acceptors (Lipinski definition) is 4. The van der Waals surface area contributed by atoms with Crippen LogP contribution in [0.2, 0.25) is 0 Å². The van der Waals surface area contributed by atoms with Gasteiger partial charge in [0.2, 0.25) is 0 Å². The van der Waals surface area contributed by atoms with Gasteiger partial charge in [-0.15, -0.1) is 0 Å². The van der Waals surface area contributed by atoms with Crippen molar-refractivity contribution in [3.63, 3.8) is 0 Å². The molecule has 1 aromatic carbocycles. The van der Waals surface area contributed by atoms with Crippen molar-refractivity contribution >= 4 is 17.6 Å². The van der Waals surface area contributed by atoms with Gasteiger partial charge in [0.15, 0.2) is 6.61 Å². The van der Waals surface area contributed by atoms with E-state index in [-0.39, 0.29) is 12.5 Å². The summed E-state index contributed by atoms with van der Waals surface area (Å²) in [5.41, 5.74) is 2.90. The summed E-state index contributed by atoms with van der Waals surface area (Å²) in [6.07, 6.45) is 1.43. The molecule has 2 aromatic rings. The molecule has 0 aliphatic carbocycles. The summed E-state index contributed by atoms with van der Waals surface area (Å²) >= 11 is 0. The van der Waals surface area contributed by atoms with Gasteiger partial charge in [-0.3, -0.25) is 9.78 Å². The van der Waals surface area contributed by atoms with E-state index >= 15 is 0 Å². The molecule has 5 heteroatoms. The molecule has 0 aliphatic heterocycles. The van der Waals surface area contributed by atoms with Gasteiger partial charge >= 0.3 is 5.97 Å². The number of pyridine rings is 1. The Morgan fingerprint density at radius 2 is 1.81 bits per heavy atom. The average molecular weight is 284 g/mol. The number of nitrogens with zero attached hydrogens (tertiary/aromatic N) is 1. The second kappa shape index (κ2) is 6.65. The van der Waals surface area contributed by atoms with Gasteiger partial charge in [0.25, 0.3) is 5.91 Å². The Bertz CT molecular complexity index is 634. The van der Waals surface area contributed by atoms with Crippen molar-refractivity contribution in [2.24, 2.45) is 0 Å². The van der Waals surface area contributed by atoms with E-state index in [0.717, 1.165) is 11.3 Å². The van der Waals surface area contributed by atoms with Gasteiger partial charge in [-0.25, -0.2) is 4.79 Å². The van der Waals surface area contributed by atoms with Crippen molar-refractivity contribution in [2.45, 2.75) is 13.8 Å². The van der Waals surface area contributed by atoms with Crippen LogP contribution in [0.5, 0.6) is 0 Å². The van der Waals surface area contributed by atoms with E-state index in [4.69, 9.17) is 4.74 Å². The number of nitrogens with one attached hydrogen (secondary N) is 1. The number of ether oxygens (including phenoxy) is 1. The molecule has 0 saturated heterocycles. The van der Waals surface area contributed by atoms with Gasteiger partial charge < -0.3 is 10.1 Å². The summed E-state index contributed by atoms with van der Waals surface area (Å²) in [6, 6.07) is 10.7. The predicted octanol–water partition coefficient (Wildman–Crippen LogP) is 2.49. The molecule has 0 fully saturated rings. The molecule has 0 saturated carbocycles. The quantitative estimate of drug-likeness (QED) is 0.876. The molecule has 0 radical (unpaired) electrons. The zero-order valence-electron chi connectivity index (χ0n) is 11.9. The number of anilines is 1. The highest BCUT2D eigenvalue weighted by molar-refractivity contribution is 5.95. The molecule has 1 aromatic heterocycles. The molecule has 21 heavy (non-hydrogen) atoms. The van der Waals surface area contributed by atoms with Crippen LogP contribution in [0, 0.1) is 13.8 Å². The first-order valence-corrected chi connectivity index (χ1v) is 6.51. The monoisotopic (exact) mass is 284 g/mol. The largest absolute Gasteiger partial charge is 0.452 e. The summed E-state index contributed by atoms with van der Waals surface area (Å²) in [5.74, 6) is -0.950. The predicted molar refractivity (Wildman–Crippen MR) is 79.1 cm³/mol. The SMILES string of the molecule is Cc1ccc(NC(=O)COC(=O)c2ccc(C)nc2)cc1. The normalized spacial score (nSPS) is 10.0. The zero-order chi connectivity index (χ0) is 15.2. The minimum Gasteiger partial charge on any atom is -0.452 e. The molecule has 0 atom stereocenters. The summed E-state index contributed by atoms with van der Waals surface area (Å²) in [4.78, 5) is 27.4. The van der Waals surface area contributed by atoms with Gasteiger partial charge in [-0.1, -0.05) is 17.7 Å². The molecular weight excluding hydrogens is 268 g/mol. The Morgan fingerprint density at radius 1 is 1.10 bits per heavy atom. The van der Waals surface area contributed by atoms with Gasteiger partial charge in [0, 0.05) is 17.6 Å². The Balaban J connectivity index is 1.84. The first-order valence-electron chi connectivity index (χ1n) is 6.51. The van der Waals surface area contributed by atoms with Crippen LogP contribution in [-0.2, 0) is 9.53 Å². The van der Waals surface area contributed by atoms with Crippen LogP contribution in [0.15, 0.2) is 42.6 Å². The van der Waals surface area contributed by atoms with Crippen LogP contribution in [-0.4, -0.2) is 23.5 Å². The van der Waals surface area contributed by atoms with Crippen molar-refractivity contribution in [1.82, 2.24) is 4.98 Å². The minimum absolute atomic E-state index is 0.323. The first-order chi connectivity index (χ1) is 10.0. The summed E-state index contributed by atoms with van der Waals surface area (Å²) in [7, 11) is 0. The number of aryl methyl sites for hydroxylation is 2. The number of carbonyl (C=O) groups is 2. The zero-order valence-corrected chi connectivity index (χ0v) is 11.9. The lowest BCUT2D eigenvalue weighted by Crippen LogP contribution is -2.21. The van der Waals surface area contributed by atoms with Gasteiger partial charge in [0.05, 0.1) is 5.56 Å². The fourth-order valence-corrected chi connectivity index (χ4v) is 1.64. The molecule has 0 spiro atoms. The highest BCUT2D eigenvalue weighted by atomic mass is 16.5. The second-order valence-corrected chi connectivity index (χ2v) is 4.68. The van der Waals surface area contributed by atoms with E-state index in [1.54, 1.807) is 24.3 Å². The highest BCUT2D eigenvalue weighted by Gasteiger charge is 2.10. The number of amides is 1. The third-order valence-corrected chi connectivity index (χ3v) is 2.82. The molecule has 1 heterocycles. The van der Waals surface area contributed by atoms with Gasteiger partial charge in [-0.2, -0.15) is 0 Å². The van der Waals surface area contributed by atoms with E-state index in [2.05, 4.69) is 10.3 Å². The Labute approximate surface area is 123 Å².